The molecule has 0 amide bonds. The van der Waals surface area contributed by atoms with Gasteiger partial charge in [-0.1, -0.05) is 6.07 Å². The molecular weight excluding hydrogens is 342 g/mol. The lowest BCUT2D eigenvalue weighted by Gasteiger charge is -2.23. The quantitative estimate of drug-likeness (QED) is 0.752. The fraction of sp³-hybridized carbons (Fsp3) is 0.294. The maximum atomic E-state index is 5.65. The minimum Gasteiger partial charge on any atom is -0.376 e. The molecule has 0 aromatic carbocycles. The van der Waals surface area contributed by atoms with E-state index >= 15 is 0 Å². The molecule has 1 atom stereocenters. The molecule has 0 unspecified atom stereocenters. The molecule has 1 aliphatic rings. The van der Waals surface area contributed by atoms with E-state index in [2.05, 4.69) is 38.6 Å². The number of nitrogens with one attached hydrogen (secondary N) is 1. The van der Waals surface area contributed by atoms with E-state index in [4.69, 9.17) is 14.5 Å². The van der Waals surface area contributed by atoms with Crippen LogP contribution in [0.4, 0.5) is 5.95 Å². The zero-order valence-electron chi connectivity index (χ0n) is 13.0. The van der Waals surface area contributed by atoms with Crippen LogP contribution in [0.5, 0.6) is 0 Å². The van der Waals surface area contributed by atoms with E-state index in [-0.39, 0.29) is 6.10 Å². The van der Waals surface area contributed by atoms with E-state index in [1.807, 2.05) is 12.3 Å². The summed E-state index contributed by atoms with van der Waals surface area (Å²) >= 11 is 3.36. The van der Waals surface area contributed by atoms with Crippen LogP contribution in [0.3, 0.4) is 0 Å². The Morgan fingerprint density at radius 2 is 2.25 bits per heavy atom. The number of hydrogen-bond acceptors (Lipinski definition) is 7. The molecule has 0 aliphatic carbocycles. The van der Waals surface area contributed by atoms with Gasteiger partial charge >= 0.3 is 0 Å². The van der Waals surface area contributed by atoms with Crippen molar-refractivity contribution in [3.63, 3.8) is 0 Å². The van der Waals surface area contributed by atoms with E-state index in [1.165, 1.54) is 4.88 Å². The average molecular weight is 359 g/mol. The van der Waals surface area contributed by atoms with Crippen LogP contribution in [-0.4, -0.2) is 42.4 Å². The molecule has 1 saturated heterocycles. The lowest BCUT2D eigenvalue weighted by molar-refractivity contribution is -0.0819. The van der Waals surface area contributed by atoms with Crippen molar-refractivity contribution >= 4 is 28.6 Å². The standard InChI is InChI=1S/C17H17N3O2S2/c1-2-15(24-6-1)14-9-19-17(18-8-13-10-21-4-5-22-13)20-16(14)12-3-7-23-11-12/h1-3,6-7,9,11,13H,4-5,8,10H2,(H,18,19,20)/t13-/m0/s1. The van der Waals surface area contributed by atoms with Gasteiger partial charge < -0.3 is 14.8 Å². The Balaban J connectivity index is 1.59. The van der Waals surface area contributed by atoms with Crippen LogP contribution in [0.15, 0.2) is 40.5 Å². The highest BCUT2D eigenvalue weighted by atomic mass is 32.1. The van der Waals surface area contributed by atoms with Crippen LogP contribution in [0.25, 0.3) is 21.7 Å². The Hall–Kier alpha value is -1.80. The maximum Gasteiger partial charge on any atom is 0.223 e. The van der Waals surface area contributed by atoms with Crippen molar-refractivity contribution in [2.45, 2.75) is 6.10 Å². The Bertz CT molecular complexity index is 769. The third kappa shape index (κ3) is 3.49. The number of nitrogens with zero attached hydrogens (tertiary/aromatic N) is 2. The number of ether oxygens (including phenoxy) is 2. The Morgan fingerprint density at radius 1 is 1.25 bits per heavy atom. The molecule has 4 heterocycles. The molecule has 3 aromatic heterocycles. The minimum atomic E-state index is 0.0453. The SMILES string of the molecule is c1csc(-c2cnc(NC[C@H]3COCCO3)nc2-c2ccsc2)c1. The molecule has 3 aromatic rings. The molecule has 0 bridgehead atoms. The Morgan fingerprint density at radius 3 is 3.00 bits per heavy atom. The lowest BCUT2D eigenvalue weighted by atomic mass is 10.1. The molecule has 1 fully saturated rings. The van der Waals surface area contributed by atoms with Gasteiger partial charge in [0.05, 0.1) is 31.6 Å². The first-order valence-corrected chi connectivity index (χ1v) is 9.59. The predicted octanol–water partition coefficient (Wildman–Crippen LogP) is 3.76. The Labute approximate surface area is 148 Å². The van der Waals surface area contributed by atoms with Crippen molar-refractivity contribution in [1.29, 1.82) is 0 Å². The topological polar surface area (TPSA) is 56.3 Å². The summed E-state index contributed by atoms with van der Waals surface area (Å²) in [4.78, 5) is 10.4. The van der Waals surface area contributed by atoms with Crippen LogP contribution >= 0.6 is 22.7 Å². The zero-order chi connectivity index (χ0) is 16.2. The molecule has 1 aliphatic heterocycles. The van der Waals surface area contributed by atoms with Gasteiger partial charge in [0, 0.05) is 34.1 Å². The number of aromatic nitrogens is 2. The van der Waals surface area contributed by atoms with Crippen LogP contribution in [0, 0.1) is 0 Å². The number of hydrogen-bond donors (Lipinski definition) is 1. The maximum absolute atomic E-state index is 5.65. The van der Waals surface area contributed by atoms with Gasteiger partial charge in [-0.3, -0.25) is 0 Å². The third-order valence-corrected chi connectivity index (χ3v) is 5.33. The molecule has 0 radical (unpaired) electrons. The van der Waals surface area contributed by atoms with Crippen LogP contribution in [-0.2, 0) is 9.47 Å². The van der Waals surface area contributed by atoms with Crippen molar-refractivity contribution in [3.8, 4) is 21.7 Å². The molecule has 124 valence electrons. The van der Waals surface area contributed by atoms with E-state index in [0.717, 1.165) is 16.8 Å². The summed E-state index contributed by atoms with van der Waals surface area (Å²) in [5, 5.41) is 9.52. The summed E-state index contributed by atoms with van der Waals surface area (Å²) < 4.78 is 11.1. The van der Waals surface area contributed by atoms with Crippen molar-refractivity contribution in [2.75, 3.05) is 31.7 Å². The fourth-order valence-electron chi connectivity index (χ4n) is 2.56. The number of anilines is 1. The summed E-state index contributed by atoms with van der Waals surface area (Å²) in [5.74, 6) is 0.616. The summed E-state index contributed by atoms with van der Waals surface area (Å²) in [6.45, 7) is 2.56. The second-order valence-electron chi connectivity index (χ2n) is 5.39. The summed E-state index contributed by atoms with van der Waals surface area (Å²) in [5.41, 5.74) is 3.13. The van der Waals surface area contributed by atoms with Gasteiger partial charge in [0.25, 0.3) is 0 Å². The molecule has 4 rings (SSSR count). The van der Waals surface area contributed by atoms with E-state index in [1.54, 1.807) is 22.7 Å². The largest absolute Gasteiger partial charge is 0.376 e. The molecular formula is C17H17N3O2S2. The summed E-state index contributed by atoms with van der Waals surface area (Å²) in [6.07, 6.45) is 1.94. The molecule has 0 spiro atoms. The first-order chi connectivity index (χ1) is 11.9. The normalized spacial score (nSPS) is 17.8. The third-order valence-electron chi connectivity index (χ3n) is 3.74. The van der Waals surface area contributed by atoms with Crippen LogP contribution < -0.4 is 5.32 Å². The van der Waals surface area contributed by atoms with Gasteiger partial charge in [0.2, 0.25) is 5.95 Å². The molecule has 0 saturated carbocycles. The monoisotopic (exact) mass is 359 g/mol. The van der Waals surface area contributed by atoms with Gasteiger partial charge in [0.1, 0.15) is 0 Å². The second kappa shape index (κ2) is 7.40. The highest BCUT2D eigenvalue weighted by molar-refractivity contribution is 7.13. The lowest BCUT2D eigenvalue weighted by Crippen LogP contribution is -2.34. The van der Waals surface area contributed by atoms with E-state index in [9.17, 15) is 0 Å². The molecule has 1 N–H and O–H groups in total. The number of thiophene rings is 2. The molecule has 24 heavy (non-hydrogen) atoms. The summed E-state index contributed by atoms with van der Waals surface area (Å²) in [7, 11) is 0. The Kier molecular flexibility index (Phi) is 4.84. The first kappa shape index (κ1) is 15.7. The first-order valence-electron chi connectivity index (χ1n) is 7.77. The van der Waals surface area contributed by atoms with E-state index < -0.39 is 0 Å². The summed E-state index contributed by atoms with van der Waals surface area (Å²) in [6, 6.07) is 6.23. The smallest absolute Gasteiger partial charge is 0.223 e. The molecule has 7 heteroatoms. The average Bonchev–Trinajstić information content (AvgIpc) is 3.34. The van der Waals surface area contributed by atoms with Crippen molar-refractivity contribution in [2.24, 2.45) is 0 Å². The highest BCUT2D eigenvalue weighted by Gasteiger charge is 2.16. The predicted molar refractivity (Wildman–Crippen MR) is 97.7 cm³/mol. The van der Waals surface area contributed by atoms with Gasteiger partial charge in [-0.15, -0.1) is 11.3 Å². The van der Waals surface area contributed by atoms with Crippen molar-refractivity contribution < 1.29 is 9.47 Å². The van der Waals surface area contributed by atoms with Gasteiger partial charge in [-0.2, -0.15) is 11.3 Å². The van der Waals surface area contributed by atoms with Crippen molar-refractivity contribution in [3.05, 3.63) is 40.5 Å². The highest BCUT2D eigenvalue weighted by Crippen LogP contribution is 2.34. The zero-order valence-corrected chi connectivity index (χ0v) is 14.6. The molecule has 5 nitrogen and oxygen atoms in total. The van der Waals surface area contributed by atoms with Gasteiger partial charge in [-0.25, -0.2) is 9.97 Å². The van der Waals surface area contributed by atoms with Gasteiger partial charge in [0.15, 0.2) is 0 Å². The number of rotatable bonds is 5. The van der Waals surface area contributed by atoms with Gasteiger partial charge in [-0.05, 0) is 22.9 Å². The van der Waals surface area contributed by atoms with Crippen LogP contribution in [0.2, 0.25) is 0 Å². The minimum absolute atomic E-state index is 0.0453. The second-order valence-corrected chi connectivity index (χ2v) is 7.12. The van der Waals surface area contributed by atoms with Crippen LogP contribution in [0.1, 0.15) is 0 Å². The van der Waals surface area contributed by atoms with Crippen molar-refractivity contribution in [1.82, 2.24) is 9.97 Å². The van der Waals surface area contributed by atoms with E-state index in [0.29, 0.717) is 32.3 Å². The fourth-order valence-corrected chi connectivity index (χ4v) is 3.94.